The molecule has 4 aromatic rings. The number of esters is 2. The Labute approximate surface area is 225 Å². The van der Waals surface area contributed by atoms with E-state index in [0.717, 1.165) is 17.8 Å². The quantitative estimate of drug-likeness (QED) is 0.280. The van der Waals surface area contributed by atoms with Crippen molar-refractivity contribution < 1.29 is 46.2 Å². The van der Waals surface area contributed by atoms with E-state index in [-0.39, 0.29) is 39.5 Å². The average Bonchev–Trinajstić information content (AvgIpc) is 3.50. The molecule has 1 atom stereocenters. The molecule has 16 heteroatoms. The maximum atomic E-state index is 12.7. The normalized spacial score (nSPS) is 12.2. The molecule has 1 unspecified atom stereocenters. The molecule has 0 saturated carbocycles. The molecule has 0 fully saturated rings. The van der Waals surface area contributed by atoms with Crippen molar-refractivity contribution in [3.8, 4) is 17.3 Å². The van der Waals surface area contributed by atoms with Crippen LogP contribution in [0.25, 0.3) is 22.6 Å². The third-order valence-electron chi connectivity index (χ3n) is 4.82. The van der Waals surface area contributed by atoms with Gasteiger partial charge in [0.2, 0.25) is 5.82 Å². The lowest BCUT2D eigenvalue weighted by molar-refractivity contribution is -0.274. The molecule has 0 radical (unpaired) electrons. The number of tetrazole rings is 1. The Bertz CT molecular complexity index is 1550. The molecule has 0 bridgehead atoms. The van der Waals surface area contributed by atoms with Crippen LogP contribution in [-0.4, -0.2) is 51.0 Å². The molecule has 12 nitrogen and oxygen atoms in total. The number of carbonyl (C=O) groups excluding carboxylic acids is 3. The number of fused-ring (bicyclic) bond motifs is 1. The number of carbonyl (C=O) groups is 3. The lowest BCUT2D eigenvalue weighted by Crippen LogP contribution is -2.28. The van der Waals surface area contributed by atoms with Gasteiger partial charge in [-0.25, -0.2) is 4.79 Å². The monoisotopic (exact) mass is 611 g/mol. The topological polar surface area (TPSA) is 148 Å². The number of benzene rings is 2. The zero-order chi connectivity index (χ0) is 28.3. The number of nitrogens with one attached hydrogen (secondary N) is 1. The second kappa shape index (κ2) is 11.1. The van der Waals surface area contributed by atoms with Gasteiger partial charge < -0.3 is 23.9 Å². The number of alkyl halides is 3. The fourth-order valence-corrected chi connectivity index (χ4v) is 3.72. The highest BCUT2D eigenvalue weighted by Gasteiger charge is 2.32. The maximum absolute atomic E-state index is 12.7. The summed E-state index contributed by atoms with van der Waals surface area (Å²) in [7, 11) is 0. The zero-order valence-electron chi connectivity index (χ0n) is 20.0. The van der Waals surface area contributed by atoms with Crippen LogP contribution in [0.1, 0.15) is 30.4 Å². The summed E-state index contributed by atoms with van der Waals surface area (Å²) in [5.74, 6) is -2.58. The van der Waals surface area contributed by atoms with Crippen molar-refractivity contribution in [2.24, 2.45) is 0 Å². The summed E-state index contributed by atoms with van der Waals surface area (Å²) in [5.41, 5.74) is 0.682. The summed E-state index contributed by atoms with van der Waals surface area (Å²) in [6.45, 7) is 2.72. The first kappa shape index (κ1) is 27.6. The highest BCUT2D eigenvalue weighted by atomic mass is 79.9. The van der Waals surface area contributed by atoms with Crippen molar-refractivity contribution in [2.75, 3.05) is 11.9 Å². The van der Waals surface area contributed by atoms with Gasteiger partial charge in [0.05, 0.1) is 11.1 Å². The number of anilines is 1. The zero-order valence-corrected chi connectivity index (χ0v) is 21.6. The van der Waals surface area contributed by atoms with Gasteiger partial charge in [-0.2, -0.15) is 0 Å². The molecule has 204 valence electrons. The van der Waals surface area contributed by atoms with Crippen LogP contribution in [0.3, 0.4) is 0 Å². The molecule has 1 N–H and O–H groups in total. The van der Waals surface area contributed by atoms with E-state index >= 15 is 0 Å². The number of nitrogens with zero attached hydrogens (tertiary/aromatic N) is 4. The van der Waals surface area contributed by atoms with Crippen LogP contribution >= 0.6 is 15.9 Å². The van der Waals surface area contributed by atoms with Crippen LogP contribution < -0.4 is 10.1 Å². The van der Waals surface area contributed by atoms with Gasteiger partial charge in [0.15, 0.2) is 5.76 Å². The molecular formula is C23H17BrF3N5O7. The van der Waals surface area contributed by atoms with Gasteiger partial charge in [0.25, 0.3) is 5.91 Å². The Kier molecular flexibility index (Phi) is 7.85. The van der Waals surface area contributed by atoms with E-state index in [1.165, 1.54) is 24.3 Å². The Morgan fingerprint density at radius 3 is 2.59 bits per heavy atom. The van der Waals surface area contributed by atoms with Crippen LogP contribution in [-0.2, 0) is 19.1 Å². The van der Waals surface area contributed by atoms with Crippen molar-refractivity contribution in [3.05, 3.63) is 52.5 Å². The molecule has 2 aromatic carbocycles. The van der Waals surface area contributed by atoms with Crippen molar-refractivity contribution in [2.45, 2.75) is 26.4 Å². The highest BCUT2D eigenvalue weighted by molar-refractivity contribution is 9.10. The van der Waals surface area contributed by atoms with Gasteiger partial charge in [-0.1, -0.05) is 6.07 Å². The molecule has 2 heterocycles. The van der Waals surface area contributed by atoms with Crippen molar-refractivity contribution in [3.63, 3.8) is 0 Å². The SMILES string of the molecule is CCOC(=O)C(OC(C)=O)n1nnc(-c2cc3ccc(C(=O)Nc4ccc(OC(F)(F)F)c(Br)c4)cc3o2)n1. The summed E-state index contributed by atoms with van der Waals surface area (Å²) in [4.78, 5) is 37.0. The lowest BCUT2D eigenvalue weighted by atomic mass is 10.1. The second-order valence-corrected chi connectivity index (χ2v) is 8.51. The molecule has 0 aliphatic heterocycles. The minimum atomic E-state index is -4.86. The van der Waals surface area contributed by atoms with Crippen molar-refractivity contribution in [1.29, 1.82) is 0 Å². The largest absolute Gasteiger partial charge is 0.573 e. The summed E-state index contributed by atoms with van der Waals surface area (Å²) in [5, 5.41) is 14.8. The first-order valence-corrected chi connectivity index (χ1v) is 11.8. The average molecular weight is 612 g/mol. The molecule has 0 aliphatic carbocycles. The second-order valence-electron chi connectivity index (χ2n) is 7.66. The molecule has 0 spiro atoms. The Hall–Kier alpha value is -4.47. The standard InChI is InChI=1S/C23H17BrF3N5O7/c1-3-36-22(35)21(37-11(2)33)32-30-19(29-31-32)18-8-12-4-5-13(9-17(12)38-18)20(34)28-14-6-7-16(15(24)10-14)39-23(25,26)27/h4-10,21H,3H2,1-2H3,(H,28,34). The Morgan fingerprint density at radius 1 is 1.15 bits per heavy atom. The van der Waals surface area contributed by atoms with Gasteiger partial charge in [0.1, 0.15) is 11.3 Å². The first-order chi connectivity index (χ1) is 18.4. The lowest BCUT2D eigenvalue weighted by Gasteiger charge is -2.13. The summed E-state index contributed by atoms with van der Waals surface area (Å²) in [6.07, 6.45) is -6.45. The third-order valence-corrected chi connectivity index (χ3v) is 5.44. The van der Waals surface area contributed by atoms with E-state index in [9.17, 15) is 27.6 Å². The van der Waals surface area contributed by atoms with E-state index in [4.69, 9.17) is 13.9 Å². The van der Waals surface area contributed by atoms with Crippen LogP contribution in [0.2, 0.25) is 0 Å². The molecule has 0 aliphatic rings. The molecule has 0 saturated heterocycles. The third kappa shape index (κ3) is 6.70. The molecule has 2 aromatic heterocycles. The predicted octanol–water partition coefficient (Wildman–Crippen LogP) is 4.62. The van der Waals surface area contributed by atoms with Gasteiger partial charge in [-0.15, -0.1) is 28.2 Å². The number of ether oxygens (including phenoxy) is 3. The first-order valence-electron chi connectivity index (χ1n) is 11.0. The number of furan rings is 1. The summed E-state index contributed by atoms with van der Waals surface area (Å²) >= 11 is 2.98. The molecule has 39 heavy (non-hydrogen) atoms. The van der Waals surface area contributed by atoms with Crippen molar-refractivity contribution in [1.82, 2.24) is 20.2 Å². The maximum Gasteiger partial charge on any atom is 0.573 e. The van der Waals surface area contributed by atoms with Crippen LogP contribution in [0.15, 0.2) is 51.4 Å². The number of halogens is 4. The van der Waals surface area contributed by atoms with E-state index in [1.807, 2.05) is 0 Å². The Balaban J connectivity index is 1.52. The number of hydrogen-bond acceptors (Lipinski definition) is 10. The molecule has 1 amide bonds. The number of aromatic nitrogens is 4. The van der Waals surface area contributed by atoms with Gasteiger partial charge in [-0.05, 0) is 64.5 Å². The highest BCUT2D eigenvalue weighted by Crippen LogP contribution is 2.33. The van der Waals surface area contributed by atoms with Crippen LogP contribution in [0, 0.1) is 0 Å². The van der Waals surface area contributed by atoms with Crippen LogP contribution in [0.4, 0.5) is 18.9 Å². The van der Waals surface area contributed by atoms with Gasteiger partial charge in [-0.3, -0.25) is 9.59 Å². The minimum Gasteiger partial charge on any atom is -0.462 e. The smallest absolute Gasteiger partial charge is 0.462 e. The molecule has 4 rings (SSSR count). The minimum absolute atomic E-state index is 0.0109. The van der Waals surface area contributed by atoms with E-state index in [2.05, 4.69) is 41.4 Å². The van der Waals surface area contributed by atoms with Crippen LogP contribution in [0.5, 0.6) is 5.75 Å². The summed E-state index contributed by atoms with van der Waals surface area (Å²) < 4.78 is 56.8. The number of rotatable bonds is 8. The van der Waals surface area contributed by atoms with E-state index < -0.39 is 36.2 Å². The fraction of sp³-hybridized carbons (Fsp3) is 0.217. The number of hydrogen-bond donors (Lipinski definition) is 1. The van der Waals surface area contributed by atoms with Crippen molar-refractivity contribution >= 4 is 50.4 Å². The molecular weight excluding hydrogens is 595 g/mol. The Morgan fingerprint density at radius 2 is 1.92 bits per heavy atom. The predicted molar refractivity (Wildman–Crippen MR) is 129 cm³/mol. The van der Waals surface area contributed by atoms with Gasteiger partial charge in [0, 0.05) is 23.6 Å². The number of amides is 1. The van der Waals surface area contributed by atoms with Gasteiger partial charge >= 0.3 is 24.5 Å². The summed E-state index contributed by atoms with van der Waals surface area (Å²) in [6, 6.07) is 9.68. The van der Waals surface area contributed by atoms with E-state index in [1.54, 1.807) is 19.1 Å². The fourth-order valence-electron chi connectivity index (χ4n) is 3.26. The van der Waals surface area contributed by atoms with E-state index in [0.29, 0.717) is 5.39 Å².